The van der Waals surface area contributed by atoms with Gasteiger partial charge in [-0.25, -0.2) is 0 Å². The highest BCUT2D eigenvalue weighted by atomic mass is 79.9. The molecule has 5 aromatic rings. The summed E-state index contributed by atoms with van der Waals surface area (Å²) >= 11 is 5.45. The third-order valence-corrected chi connectivity index (χ3v) is 6.15. The molecule has 0 nitrogen and oxygen atoms in total. The minimum atomic E-state index is 1.11. The van der Waals surface area contributed by atoms with Crippen molar-refractivity contribution in [3.05, 3.63) is 83.3 Å². The minimum Gasteiger partial charge on any atom is -0.135 e. The van der Waals surface area contributed by atoms with Gasteiger partial charge in [0.25, 0.3) is 0 Å². The van der Waals surface area contributed by atoms with Crippen molar-refractivity contribution in [2.75, 3.05) is 0 Å². The van der Waals surface area contributed by atoms with E-state index >= 15 is 0 Å². The minimum absolute atomic E-state index is 1.11. The average molecular weight is 389 g/mol. The van der Waals surface area contributed by atoms with Crippen molar-refractivity contribution < 1.29 is 0 Å². The molecule has 2 heteroatoms. The summed E-state index contributed by atoms with van der Waals surface area (Å²) in [6, 6.07) is 28.4. The largest absolute Gasteiger partial charge is 0.135 e. The molecule has 0 atom stereocenters. The molecule has 0 amide bonds. The van der Waals surface area contributed by atoms with Gasteiger partial charge in [-0.3, -0.25) is 0 Å². The molecular formula is C22H13BrS. The van der Waals surface area contributed by atoms with E-state index in [2.05, 4.69) is 94.8 Å². The van der Waals surface area contributed by atoms with E-state index in [0.29, 0.717) is 0 Å². The summed E-state index contributed by atoms with van der Waals surface area (Å²) in [6.07, 6.45) is 0. The lowest BCUT2D eigenvalue weighted by molar-refractivity contribution is 1.61. The van der Waals surface area contributed by atoms with Crippen LogP contribution in [-0.2, 0) is 0 Å². The van der Waals surface area contributed by atoms with Crippen LogP contribution in [0.25, 0.3) is 42.1 Å². The Morgan fingerprint density at radius 3 is 2.38 bits per heavy atom. The van der Waals surface area contributed by atoms with Crippen molar-refractivity contribution >= 4 is 58.2 Å². The van der Waals surface area contributed by atoms with Crippen LogP contribution < -0.4 is 0 Å². The van der Waals surface area contributed by atoms with Crippen molar-refractivity contribution in [3.8, 4) is 11.1 Å². The van der Waals surface area contributed by atoms with Gasteiger partial charge in [0, 0.05) is 24.6 Å². The number of benzene rings is 4. The molecule has 0 spiro atoms. The molecule has 1 heterocycles. The van der Waals surface area contributed by atoms with Crippen LogP contribution in [0.2, 0.25) is 0 Å². The highest BCUT2D eigenvalue weighted by Crippen LogP contribution is 2.39. The maximum Gasteiger partial charge on any atom is 0.0361 e. The molecule has 114 valence electrons. The van der Waals surface area contributed by atoms with Crippen LogP contribution in [0.15, 0.2) is 83.3 Å². The molecule has 24 heavy (non-hydrogen) atoms. The Morgan fingerprint density at radius 2 is 1.46 bits per heavy atom. The summed E-state index contributed by atoms with van der Waals surface area (Å²) < 4.78 is 3.82. The SMILES string of the molecule is Brc1cccc(-c2ccc3ccc4sc5ccccc5c4c3c2)c1. The molecule has 0 unspecified atom stereocenters. The van der Waals surface area contributed by atoms with Crippen LogP contribution in [0.5, 0.6) is 0 Å². The van der Waals surface area contributed by atoms with Gasteiger partial charge in [-0.1, -0.05) is 64.5 Å². The maximum absolute atomic E-state index is 3.58. The summed E-state index contributed by atoms with van der Waals surface area (Å²) in [7, 11) is 0. The number of hydrogen-bond donors (Lipinski definition) is 0. The van der Waals surface area contributed by atoms with Gasteiger partial charge < -0.3 is 0 Å². The first-order chi connectivity index (χ1) is 11.8. The van der Waals surface area contributed by atoms with Crippen LogP contribution in [0, 0.1) is 0 Å². The van der Waals surface area contributed by atoms with Gasteiger partial charge in [0.1, 0.15) is 0 Å². The summed E-state index contributed by atoms with van der Waals surface area (Å²) in [5.41, 5.74) is 2.49. The van der Waals surface area contributed by atoms with E-state index in [9.17, 15) is 0 Å². The van der Waals surface area contributed by atoms with E-state index in [1.54, 1.807) is 0 Å². The van der Waals surface area contributed by atoms with Crippen molar-refractivity contribution in [2.45, 2.75) is 0 Å². The van der Waals surface area contributed by atoms with Gasteiger partial charge in [-0.15, -0.1) is 11.3 Å². The Kier molecular flexibility index (Phi) is 3.22. The fourth-order valence-electron chi connectivity index (χ4n) is 3.39. The zero-order valence-corrected chi connectivity index (χ0v) is 15.2. The van der Waals surface area contributed by atoms with Crippen LogP contribution in [0.3, 0.4) is 0 Å². The Morgan fingerprint density at radius 1 is 0.625 bits per heavy atom. The average Bonchev–Trinajstić information content (AvgIpc) is 3.00. The quantitative estimate of drug-likeness (QED) is 0.276. The number of thiophene rings is 1. The molecular weight excluding hydrogens is 376 g/mol. The second kappa shape index (κ2) is 5.44. The van der Waals surface area contributed by atoms with Gasteiger partial charge in [0.2, 0.25) is 0 Å². The molecule has 0 bridgehead atoms. The number of rotatable bonds is 1. The predicted molar refractivity (Wildman–Crippen MR) is 110 cm³/mol. The molecule has 0 saturated heterocycles. The first-order valence-electron chi connectivity index (χ1n) is 7.89. The molecule has 0 aliphatic rings. The van der Waals surface area contributed by atoms with Gasteiger partial charge in [-0.2, -0.15) is 0 Å². The molecule has 4 aromatic carbocycles. The highest BCUT2D eigenvalue weighted by Gasteiger charge is 2.09. The van der Waals surface area contributed by atoms with Crippen LogP contribution in [0.1, 0.15) is 0 Å². The Hall–Kier alpha value is -2.16. The second-order valence-corrected chi connectivity index (χ2v) is 7.98. The predicted octanol–water partition coefficient (Wildman–Crippen LogP) is 7.64. The lowest BCUT2D eigenvalue weighted by Crippen LogP contribution is -1.80. The van der Waals surface area contributed by atoms with E-state index in [1.807, 2.05) is 11.3 Å². The van der Waals surface area contributed by atoms with Crippen molar-refractivity contribution in [3.63, 3.8) is 0 Å². The van der Waals surface area contributed by atoms with Gasteiger partial charge in [-0.05, 0) is 52.2 Å². The topological polar surface area (TPSA) is 0 Å². The number of fused-ring (bicyclic) bond motifs is 5. The monoisotopic (exact) mass is 388 g/mol. The van der Waals surface area contributed by atoms with E-state index in [4.69, 9.17) is 0 Å². The molecule has 0 N–H and O–H groups in total. The van der Waals surface area contributed by atoms with Gasteiger partial charge in [0.15, 0.2) is 0 Å². The Balaban J connectivity index is 1.89. The normalized spacial score (nSPS) is 11.5. The third-order valence-electron chi connectivity index (χ3n) is 4.52. The molecule has 0 aliphatic carbocycles. The maximum atomic E-state index is 3.58. The summed E-state index contributed by atoms with van der Waals surface area (Å²) in [5.74, 6) is 0. The van der Waals surface area contributed by atoms with Crippen molar-refractivity contribution in [2.24, 2.45) is 0 Å². The summed E-state index contributed by atoms with van der Waals surface area (Å²) in [6.45, 7) is 0. The first-order valence-corrected chi connectivity index (χ1v) is 9.50. The van der Waals surface area contributed by atoms with Crippen molar-refractivity contribution in [1.82, 2.24) is 0 Å². The Labute approximate surface area is 152 Å². The lowest BCUT2D eigenvalue weighted by Gasteiger charge is -2.06. The fourth-order valence-corrected chi connectivity index (χ4v) is 4.91. The second-order valence-electron chi connectivity index (χ2n) is 5.98. The van der Waals surface area contributed by atoms with Crippen LogP contribution >= 0.6 is 27.3 Å². The van der Waals surface area contributed by atoms with Gasteiger partial charge >= 0.3 is 0 Å². The van der Waals surface area contributed by atoms with Crippen LogP contribution in [0.4, 0.5) is 0 Å². The first kappa shape index (κ1) is 14.2. The summed E-state index contributed by atoms with van der Waals surface area (Å²) in [5, 5.41) is 5.37. The lowest BCUT2D eigenvalue weighted by atomic mass is 9.98. The molecule has 1 aromatic heterocycles. The Bertz CT molecular complexity index is 1220. The van der Waals surface area contributed by atoms with E-state index in [0.717, 1.165) is 4.47 Å². The third kappa shape index (κ3) is 2.18. The van der Waals surface area contributed by atoms with E-state index in [1.165, 1.54) is 42.1 Å². The highest BCUT2D eigenvalue weighted by molar-refractivity contribution is 9.10. The fraction of sp³-hybridized carbons (Fsp3) is 0. The molecule has 0 radical (unpaired) electrons. The standard InChI is InChI=1S/C22H13BrS/c23-17-5-3-4-15(12-17)16-9-8-14-10-11-21-22(19(14)13-16)18-6-1-2-7-20(18)24-21/h1-13H. The smallest absolute Gasteiger partial charge is 0.0361 e. The van der Waals surface area contributed by atoms with E-state index in [-0.39, 0.29) is 0 Å². The zero-order valence-electron chi connectivity index (χ0n) is 12.8. The van der Waals surface area contributed by atoms with Crippen molar-refractivity contribution in [1.29, 1.82) is 0 Å². The molecule has 0 aliphatic heterocycles. The zero-order chi connectivity index (χ0) is 16.1. The number of hydrogen-bond acceptors (Lipinski definition) is 1. The van der Waals surface area contributed by atoms with Gasteiger partial charge in [0.05, 0.1) is 0 Å². The molecule has 0 saturated carbocycles. The number of halogens is 1. The van der Waals surface area contributed by atoms with E-state index < -0.39 is 0 Å². The molecule has 0 fully saturated rings. The van der Waals surface area contributed by atoms with Crippen LogP contribution in [-0.4, -0.2) is 0 Å². The molecule has 5 rings (SSSR count). The summed E-state index contributed by atoms with van der Waals surface area (Å²) in [4.78, 5) is 0.